The van der Waals surface area contributed by atoms with Crippen LogP contribution in [0.2, 0.25) is 5.02 Å². The van der Waals surface area contributed by atoms with E-state index in [4.69, 9.17) is 11.6 Å². The zero-order chi connectivity index (χ0) is 18.1. The molecular weight excluding hydrogens is 362 g/mol. The van der Waals surface area contributed by atoms with Crippen LogP contribution in [0.5, 0.6) is 0 Å². The summed E-state index contributed by atoms with van der Waals surface area (Å²) in [6, 6.07) is 10.6. The number of carbonyl (C=O) groups excluding carboxylic acids is 1. The first-order chi connectivity index (χ1) is 11.8. The summed E-state index contributed by atoms with van der Waals surface area (Å²) in [4.78, 5) is 17.0. The van der Waals surface area contributed by atoms with Gasteiger partial charge in [0.15, 0.2) is 0 Å². The van der Waals surface area contributed by atoms with Crippen LogP contribution in [0.15, 0.2) is 48.8 Å². The lowest BCUT2D eigenvalue weighted by atomic mass is 9.92. The number of hydrogen-bond donors (Lipinski definition) is 2. The Kier molecular flexibility index (Phi) is 4.81. The third-order valence-electron chi connectivity index (χ3n) is 4.36. The molecule has 25 heavy (non-hydrogen) atoms. The first-order valence-corrected chi connectivity index (χ1v) is 10.0. The Balaban J connectivity index is 1.87. The van der Waals surface area contributed by atoms with Crippen LogP contribution < -0.4 is 10.0 Å². The molecule has 132 valence electrons. The van der Waals surface area contributed by atoms with Gasteiger partial charge in [-0.3, -0.25) is 9.78 Å². The Hall–Kier alpha value is -1.96. The van der Waals surface area contributed by atoms with E-state index in [1.807, 2.05) is 6.07 Å². The second kappa shape index (κ2) is 6.74. The first-order valence-electron chi connectivity index (χ1n) is 7.73. The lowest BCUT2D eigenvalue weighted by Crippen LogP contribution is -2.33. The van der Waals surface area contributed by atoms with E-state index in [0.717, 1.165) is 11.8 Å². The molecule has 1 fully saturated rings. The highest BCUT2D eigenvalue weighted by molar-refractivity contribution is 7.88. The topological polar surface area (TPSA) is 88.2 Å². The number of hydrogen-bond acceptors (Lipinski definition) is 4. The monoisotopic (exact) mass is 379 g/mol. The van der Waals surface area contributed by atoms with E-state index in [2.05, 4.69) is 15.0 Å². The minimum atomic E-state index is -3.32. The molecule has 8 heteroatoms. The van der Waals surface area contributed by atoms with Gasteiger partial charge in [0, 0.05) is 17.8 Å². The molecule has 2 unspecified atom stereocenters. The molecule has 0 saturated heterocycles. The number of aromatic nitrogens is 1. The second-order valence-corrected chi connectivity index (χ2v) is 8.47. The highest BCUT2D eigenvalue weighted by Crippen LogP contribution is 2.55. The fourth-order valence-corrected chi connectivity index (χ4v) is 3.73. The van der Waals surface area contributed by atoms with Crippen molar-refractivity contribution < 1.29 is 13.2 Å². The van der Waals surface area contributed by atoms with Crippen molar-refractivity contribution in [3.63, 3.8) is 0 Å². The SMILES string of the molecule is CS(=O)(=O)NCC1CC1(C(=O)Nc1cccnc1)c1cccc(Cl)c1. The van der Waals surface area contributed by atoms with E-state index in [-0.39, 0.29) is 18.4 Å². The number of benzene rings is 1. The molecule has 2 aromatic rings. The Morgan fingerprint density at radius 3 is 2.80 bits per heavy atom. The van der Waals surface area contributed by atoms with Crippen molar-refractivity contribution in [2.24, 2.45) is 5.92 Å². The van der Waals surface area contributed by atoms with Crippen molar-refractivity contribution in [1.29, 1.82) is 0 Å². The predicted octanol–water partition coefficient (Wildman–Crippen LogP) is 2.18. The Bertz CT molecular complexity index is 889. The molecule has 1 aliphatic carbocycles. The van der Waals surface area contributed by atoms with Gasteiger partial charge in [-0.05, 0) is 42.2 Å². The van der Waals surface area contributed by atoms with Crippen molar-refractivity contribution in [2.45, 2.75) is 11.8 Å². The van der Waals surface area contributed by atoms with Crippen molar-refractivity contribution in [1.82, 2.24) is 9.71 Å². The minimum Gasteiger partial charge on any atom is -0.324 e. The lowest BCUT2D eigenvalue weighted by Gasteiger charge is -2.18. The molecule has 1 aromatic carbocycles. The summed E-state index contributed by atoms with van der Waals surface area (Å²) in [6.07, 6.45) is 4.84. The van der Waals surface area contributed by atoms with E-state index < -0.39 is 15.4 Å². The maximum absolute atomic E-state index is 13.0. The zero-order valence-electron chi connectivity index (χ0n) is 13.6. The minimum absolute atomic E-state index is 0.141. The average Bonchev–Trinajstić information content (AvgIpc) is 3.29. The second-order valence-electron chi connectivity index (χ2n) is 6.20. The van der Waals surface area contributed by atoms with Crippen LogP contribution in [0, 0.1) is 5.92 Å². The number of nitrogens with zero attached hydrogens (tertiary/aromatic N) is 1. The van der Waals surface area contributed by atoms with Crippen molar-refractivity contribution in [2.75, 3.05) is 18.1 Å². The molecule has 1 heterocycles. The smallest absolute Gasteiger partial charge is 0.235 e. The number of rotatable bonds is 6. The van der Waals surface area contributed by atoms with Crippen LogP contribution in [0.1, 0.15) is 12.0 Å². The number of amides is 1. The summed E-state index contributed by atoms with van der Waals surface area (Å²) in [5, 5.41) is 3.40. The van der Waals surface area contributed by atoms with Gasteiger partial charge in [0.05, 0.1) is 23.6 Å². The molecule has 3 rings (SSSR count). The van der Waals surface area contributed by atoms with Crippen LogP contribution >= 0.6 is 11.6 Å². The van der Waals surface area contributed by atoms with Gasteiger partial charge in [0.25, 0.3) is 0 Å². The summed E-state index contributed by atoms with van der Waals surface area (Å²) >= 11 is 6.09. The fraction of sp³-hybridized carbons (Fsp3) is 0.294. The first kappa shape index (κ1) is 17.8. The maximum atomic E-state index is 13.0. The molecule has 0 aliphatic heterocycles. The predicted molar refractivity (Wildman–Crippen MR) is 97.0 cm³/mol. The van der Waals surface area contributed by atoms with Gasteiger partial charge in [0.2, 0.25) is 15.9 Å². The highest BCUT2D eigenvalue weighted by Gasteiger charge is 2.60. The normalized spacial score (nSPS) is 22.4. The largest absolute Gasteiger partial charge is 0.324 e. The summed E-state index contributed by atoms with van der Waals surface area (Å²) in [5.41, 5.74) is 0.565. The lowest BCUT2D eigenvalue weighted by molar-refractivity contribution is -0.118. The highest BCUT2D eigenvalue weighted by atomic mass is 35.5. The quantitative estimate of drug-likeness (QED) is 0.805. The van der Waals surface area contributed by atoms with E-state index in [1.54, 1.807) is 42.7 Å². The van der Waals surface area contributed by atoms with Gasteiger partial charge in [-0.2, -0.15) is 0 Å². The van der Waals surface area contributed by atoms with Crippen LogP contribution in [0.3, 0.4) is 0 Å². The molecule has 6 nitrogen and oxygen atoms in total. The summed E-state index contributed by atoms with van der Waals surface area (Å²) in [5.74, 6) is -0.333. The van der Waals surface area contributed by atoms with Crippen molar-refractivity contribution in [3.05, 3.63) is 59.4 Å². The van der Waals surface area contributed by atoms with Gasteiger partial charge in [-0.1, -0.05) is 23.7 Å². The summed E-state index contributed by atoms with van der Waals surface area (Å²) < 4.78 is 25.3. The summed E-state index contributed by atoms with van der Waals surface area (Å²) in [6.45, 7) is 0.200. The molecule has 0 bridgehead atoms. The van der Waals surface area contributed by atoms with Crippen LogP contribution in [0.4, 0.5) is 5.69 Å². The molecule has 1 amide bonds. The zero-order valence-corrected chi connectivity index (χ0v) is 15.1. The summed E-state index contributed by atoms with van der Waals surface area (Å²) in [7, 11) is -3.32. The van der Waals surface area contributed by atoms with Gasteiger partial charge in [0.1, 0.15) is 0 Å². The molecule has 1 saturated carbocycles. The van der Waals surface area contributed by atoms with Gasteiger partial charge < -0.3 is 5.32 Å². The number of sulfonamides is 1. The number of anilines is 1. The standard InChI is InChI=1S/C17H18ClN3O3S/c1-25(23,24)20-10-13-9-17(13,12-4-2-5-14(18)8-12)16(22)21-15-6-3-7-19-11-15/h2-8,11,13,20H,9-10H2,1H3,(H,21,22). The van der Waals surface area contributed by atoms with E-state index >= 15 is 0 Å². The van der Waals surface area contributed by atoms with Crippen molar-refractivity contribution >= 4 is 33.2 Å². The van der Waals surface area contributed by atoms with E-state index in [9.17, 15) is 13.2 Å². The van der Waals surface area contributed by atoms with Crippen LogP contribution in [-0.4, -0.2) is 32.1 Å². The van der Waals surface area contributed by atoms with Gasteiger partial charge >= 0.3 is 0 Å². The van der Waals surface area contributed by atoms with Crippen molar-refractivity contribution in [3.8, 4) is 0 Å². The van der Waals surface area contributed by atoms with Crippen LogP contribution in [-0.2, 0) is 20.2 Å². The number of carbonyl (C=O) groups is 1. The molecule has 0 spiro atoms. The Labute approximate surface area is 151 Å². The molecule has 2 atom stereocenters. The molecule has 1 aromatic heterocycles. The fourth-order valence-electron chi connectivity index (χ4n) is 3.04. The van der Waals surface area contributed by atoms with Crippen LogP contribution in [0.25, 0.3) is 0 Å². The average molecular weight is 380 g/mol. The van der Waals surface area contributed by atoms with E-state index in [1.165, 1.54) is 0 Å². The molecule has 2 N–H and O–H groups in total. The Morgan fingerprint density at radius 1 is 1.36 bits per heavy atom. The molecular formula is C17H18ClN3O3S. The molecule has 0 radical (unpaired) electrons. The van der Waals surface area contributed by atoms with Gasteiger partial charge in [-0.15, -0.1) is 0 Å². The third kappa shape index (κ3) is 4.00. The van der Waals surface area contributed by atoms with Gasteiger partial charge in [-0.25, -0.2) is 13.1 Å². The maximum Gasteiger partial charge on any atom is 0.235 e. The number of halogens is 1. The Morgan fingerprint density at radius 2 is 2.16 bits per heavy atom. The number of nitrogens with one attached hydrogen (secondary N) is 2. The van der Waals surface area contributed by atoms with E-state index in [0.29, 0.717) is 17.1 Å². The molecule has 1 aliphatic rings. The third-order valence-corrected chi connectivity index (χ3v) is 5.29. The number of pyridine rings is 1.